The lowest BCUT2D eigenvalue weighted by Gasteiger charge is -2.29. The lowest BCUT2D eigenvalue weighted by atomic mass is 9.93. The fourth-order valence-electron chi connectivity index (χ4n) is 2.16. The maximum absolute atomic E-state index is 12.1. The third kappa shape index (κ3) is 7.14. The van der Waals surface area contributed by atoms with E-state index in [0.717, 1.165) is 17.7 Å². The molecule has 0 aliphatic heterocycles. The Kier molecular flexibility index (Phi) is 9.14. The molecular formula is C17H29ClN2O2. The number of hydrogen-bond donors (Lipinski definition) is 1. The summed E-state index contributed by atoms with van der Waals surface area (Å²) in [5.41, 5.74) is 6.82. The fourth-order valence-corrected chi connectivity index (χ4v) is 2.16. The van der Waals surface area contributed by atoms with Gasteiger partial charge in [0.1, 0.15) is 5.75 Å². The van der Waals surface area contributed by atoms with E-state index in [-0.39, 0.29) is 23.7 Å². The third-order valence-corrected chi connectivity index (χ3v) is 3.51. The minimum atomic E-state index is -0.0381. The van der Waals surface area contributed by atoms with Crippen LogP contribution in [0.15, 0.2) is 24.3 Å². The van der Waals surface area contributed by atoms with Crippen molar-refractivity contribution in [2.45, 2.75) is 33.6 Å². The van der Waals surface area contributed by atoms with Gasteiger partial charge in [0.25, 0.3) is 0 Å². The highest BCUT2D eigenvalue weighted by Crippen LogP contribution is 2.16. The van der Waals surface area contributed by atoms with Crippen molar-refractivity contribution in [3.05, 3.63) is 29.8 Å². The number of nitrogens with zero attached hydrogens (tertiary/aromatic N) is 1. The van der Waals surface area contributed by atoms with E-state index >= 15 is 0 Å². The van der Waals surface area contributed by atoms with Gasteiger partial charge in [-0.2, -0.15) is 0 Å². The van der Waals surface area contributed by atoms with E-state index in [1.807, 2.05) is 38.2 Å². The summed E-state index contributed by atoms with van der Waals surface area (Å²) in [5.74, 6) is 1.03. The molecule has 0 heterocycles. The summed E-state index contributed by atoms with van der Waals surface area (Å²) in [5, 5.41) is 0. The maximum Gasteiger partial charge on any atom is 0.222 e. The van der Waals surface area contributed by atoms with Crippen molar-refractivity contribution in [1.82, 2.24) is 4.90 Å². The highest BCUT2D eigenvalue weighted by atomic mass is 35.5. The molecule has 1 aromatic carbocycles. The normalized spacial score (nSPS) is 10.8. The van der Waals surface area contributed by atoms with Crippen molar-refractivity contribution in [3.63, 3.8) is 0 Å². The van der Waals surface area contributed by atoms with Crippen molar-refractivity contribution in [1.29, 1.82) is 0 Å². The molecule has 0 fully saturated rings. The van der Waals surface area contributed by atoms with Gasteiger partial charge in [-0.25, -0.2) is 0 Å². The molecule has 0 aliphatic carbocycles. The first-order valence-corrected chi connectivity index (χ1v) is 7.53. The molecule has 0 aliphatic rings. The van der Waals surface area contributed by atoms with E-state index < -0.39 is 0 Å². The van der Waals surface area contributed by atoms with Crippen LogP contribution in [-0.4, -0.2) is 37.6 Å². The highest BCUT2D eigenvalue weighted by molar-refractivity contribution is 5.85. The topological polar surface area (TPSA) is 55.6 Å². The number of nitrogens with two attached hydrogens (primary N) is 1. The van der Waals surface area contributed by atoms with E-state index in [1.54, 1.807) is 4.90 Å². The smallest absolute Gasteiger partial charge is 0.222 e. The fraction of sp³-hybridized carbons (Fsp3) is 0.588. The molecule has 0 unspecified atom stereocenters. The molecule has 0 spiro atoms. The Bertz CT molecular complexity index is 446. The van der Waals surface area contributed by atoms with Crippen LogP contribution in [0.4, 0.5) is 0 Å². The van der Waals surface area contributed by atoms with Crippen molar-refractivity contribution < 1.29 is 9.53 Å². The third-order valence-electron chi connectivity index (χ3n) is 3.51. The van der Waals surface area contributed by atoms with E-state index in [2.05, 4.69) is 13.8 Å². The molecule has 0 atom stereocenters. The van der Waals surface area contributed by atoms with Crippen molar-refractivity contribution in [3.8, 4) is 5.75 Å². The quantitative estimate of drug-likeness (QED) is 0.798. The molecule has 126 valence electrons. The van der Waals surface area contributed by atoms with Crippen LogP contribution in [0.1, 0.15) is 32.8 Å². The Labute approximate surface area is 140 Å². The molecule has 1 amide bonds. The van der Waals surface area contributed by atoms with Gasteiger partial charge < -0.3 is 15.4 Å². The monoisotopic (exact) mass is 328 g/mol. The minimum Gasteiger partial charge on any atom is -0.494 e. The predicted molar refractivity (Wildman–Crippen MR) is 93.7 cm³/mol. The average Bonchev–Trinajstić information content (AvgIpc) is 2.46. The summed E-state index contributed by atoms with van der Waals surface area (Å²) in [6, 6.07) is 7.93. The van der Waals surface area contributed by atoms with Crippen LogP contribution in [0.2, 0.25) is 0 Å². The zero-order valence-corrected chi connectivity index (χ0v) is 14.9. The van der Waals surface area contributed by atoms with E-state index in [4.69, 9.17) is 10.5 Å². The van der Waals surface area contributed by atoms with Gasteiger partial charge in [-0.15, -0.1) is 12.4 Å². The Morgan fingerprint density at radius 3 is 2.36 bits per heavy atom. The number of benzene rings is 1. The number of rotatable bonds is 8. The summed E-state index contributed by atoms with van der Waals surface area (Å²) < 4.78 is 5.40. The van der Waals surface area contributed by atoms with Gasteiger partial charge >= 0.3 is 0 Å². The van der Waals surface area contributed by atoms with Crippen molar-refractivity contribution in [2.75, 3.05) is 26.7 Å². The molecule has 1 aromatic rings. The summed E-state index contributed by atoms with van der Waals surface area (Å²) in [6.45, 7) is 8.03. The van der Waals surface area contributed by atoms with E-state index in [1.165, 1.54) is 0 Å². The second-order valence-corrected chi connectivity index (χ2v) is 6.20. The SMILES string of the molecule is CCOc1ccc(CCC(=O)N(C)CC(C)(C)CN)cc1.Cl. The summed E-state index contributed by atoms with van der Waals surface area (Å²) in [7, 11) is 1.85. The summed E-state index contributed by atoms with van der Waals surface area (Å²) in [6.07, 6.45) is 1.27. The maximum atomic E-state index is 12.1. The Hall–Kier alpha value is -1.26. The predicted octanol–water partition coefficient (Wildman–Crippen LogP) is 2.88. The van der Waals surface area contributed by atoms with Crippen LogP contribution in [-0.2, 0) is 11.2 Å². The van der Waals surface area contributed by atoms with E-state index in [9.17, 15) is 4.79 Å². The molecule has 0 saturated carbocycles. The lowest BCUT2D eigenvalue weighted by molar-refractivity contribution is -0.131. The number of carbonyl (C=O) groups is 1. The second kappa shape index (κ2) is 9.70. The number of ether oxygens (including phenoxy) is 1. The van der Waals surface area contributed by atoms with Crippen molar-refractivity contribution in [2.24, 2.45) is 11.1 Å². The van der Waals surface area contributed by atoms with Gasteiger partial charge in [0.2, 0.25) is 5.91 Å². The molecule has 2 N–H and O–H groups in total. The van der Waals surface area contributed by atoms with Crippen LogP contribution in [0, 0.1) is 5.41 Å². The first kappa shape index (κ1) is 20.7. The van der Waals surface area contributed by atoms with Gasteiger partial charge in [-0.3, -0.25) is 4.79 Å². The van der Waals surface area contributed by atoms with Crippen LogP contribution in [0.5, 0.6) is 5.75 Å². The molecule has 0 radical (unpaired) electrons. The number of aryl methyl sites for hydroxylation is 1. The minimum absolute atomic E-state index is 0. The molecule has 5 heteroatoms. The standard InChI is InChI=1S/C17H28N2O2.ClH/c1-5-21-15-9-6-14(7-10-15)8-11-16(20)19(4)13-17(2,3)12-18;/h6-7,9-10H,5,8,11-13,18H2,1-4H3;1H. The van der Waals surface area contributed by atoms with Gasteiger partial charge in [-0.05, 0) is 43.0 Å². The number of carbonyl (C=O) groups excluding carboxylic acids is 1. The molecule has 0 saturated heterocycles. The van der Waals surface area contributed by atoms with Gasteiger partial charge in [0, 0.05) is 20.0 Å². The zero-order valence-electron chi connectivity index (χ0n) is 14.1. The van der Waals surface area contributed by atoms with Crippen LogP contribution < -0.4 is 10.5 Å². The molecule has 4 nitrogen and oxygen atoms in total. The number of hydrogen-bond acceptors (Lipinski definition) is 3. The van der Waals surface area contributed by atoms with Gasteiger partial charge in [0.05, 0.1) is 6.61 Å². The molecular weight excluding hydrogens is 300 g/mol. The molecule has 22 heavy (non-hydrogen) atoms. The van der Waals surface area contributed by atoms with Crippen LogP contribution in [0.3, 0.4) is 0 Å². The Balaban J connectivity index is 0.00000441. The average molecular weight is 329 g/mol. The van der Waals surface area contributed by atoms with Gasteiger partial charge in [-0.1, -0.05) is 26.0 Å². The van der Waals surface area contributed by atoms with Gasteiger partial charge in [0.15, 0.2) is 0 Å². The zero-order chi connectivity index (χ0) is 15.9. The van der Waals surface area contributed by atoms with Crippen LogP contribution in [0.25, 0.3) is 0 Å². The Morgan fingerprint density at radius 2 is 1.86 bits per heavy atom. The molecule has 1 rings (SSSR count). The first-order chi connectivity index (χ1) is 9.88. The van der Waals surface area contributed by atoms with Crippen LogP contribution >= 0.6 is 12.4 Å². The summed E-state index contributed by atoms with van der Waals surface area (Å²) in [4.78, 5) is 13.9. The molecule has 0 bridgehead atoms. The second-order valence-electron chi connectivity index (χ2n) is 6.20. The largest absolute Gasteiger partial charge is 0.494 e. The van der Waals surface area contributed by atoms with E-state index in [0.29, 0.717) is 26.1 Å². The van der Waals surface area contributed by atoms with Crippen molar-refractivity contribution >= 4 is 18.3 Å². The summed E-state index contributed by atoms with van der Waals surface area (Å²) >= 11 is 0. The number of amides is 1. The number of halogens is 1. The highest BCUT2D eigenvalue weighted by Gasteiger charge is 2.20. The Morgan fingerprint density at radius 1 is 1.27 bits per heavy atom. The molecule has 0 aromatic heterocycles. The lowest BCUT2D eigenvalue weighted by Crippen LogP contribution is -2.39. The first-order valence-electron chi connectivity index (χ1n) is 7.53.